The van der Waals surface area contributed by atoms with Gasteiger partial charge in [-0.1, -0.05) is 0 Å². The molecule has 0 aromatic carbocycles. The van der Waals surface area contributed by atoms with Crippen LogP contribution in [0, 0.1) is 6.92 Å². The second kappa shape index (κ2) is 1.99. The fourth-order valence-corrected chi connectivity index (χ4v) is 1.11. The van der Waals surface area contributed by atoms with Crippen LogP contribution in [0.2, 0.25) is 0 Å². The first kappa shape index (κ1) is 6.22. The fourth-order valence-electron chi connectivity index (χ4n) is 1.11. The molecule has 0 unspecified atom stereocenters. The molecule has 3 nitrogen and oxygen atoms in total. The van der Waals surface area contributed by atoms with Gasteiger partial charge in [0.2, 0.25) is 0 Å². The summed E-state index contributed by atoms with van der Waals surface area (Å²) < 4.78 is 1.10. The molecule has 2 aromatic rings. The molecule has 2 aromatic heterocycles. The van der Waals surface area contributed by atoms with E-state index in [1.165, 1.54) is 0 Å². The smallest absolute Gasteiger partial charge is 0.0898 e. The molecule has 0 radical (unpaired) electrons. The van der Waals surface area contributed by atoms with Crippen LogP contribution in [0.3, 0.4) is 0 Å². The summed E-state index contributed by atoms with van der Waals surface area (Å²) in [5, 5.41) is 10.2. The van der Waals surface area contributed by atoms with Crippen LogP contribution in [-0.4, -0.2) is 14.9 Å². The van der Waals surface area contributed by atoms with E-state index in [-0.39, 0.29) is 0 Å². The van der Waals surface area contributed by atoms with E-state index in [1.54, 1.807) is 12.4 Å². The Bertz CT molecular complexity index is 392. The Morgan fingerprint density at radius 1 is 1.55 bits per heavy atom. The molecule has 0 fully saturated rings. The van der Waals surface area contributed by atoms with Crippen LogP contribution in [0.1, 0.15) is 5.69 Å². The number of pyridine rings is 1. The lowest BCUT2D eigenvalue weighted by atomic mass is 10.3. The number of hydrogen-bond donors (Lipinski definition) is 1. The zero-order valence-corrected chi connectivity index (χ0v) is 6.15. The summed E-state index contributed by atoms with van der Waals surface area (Å²) in [5.41, 5.74) is 1.71. The van der Waals surface area contributed by atoms with Crippen molar-refractivity contribution in [2.45, 2.75) is 6.92 Å². The van der Waals surface area contributed by atoms with Gasteiger partial charge in [-0.15, -0.1) is 0 Å². The minimum absolute atomic E-state index is 0.803. The average molecular weight is 148 g/mol. The summed E-state index contributed by atoms with van der Waals surface area (Å²) in [7, 11) is 0. The van der Waals surface area contributed by atoms with E-state index in [0.717, 1.165) is 21.3 Å². The third kappa shape index (κ3) is 0.852. The molecule has 0 aliphatic rings. The van der Waals surface area contributed by atoms with E-state index in [9.17, 15) is 5.21 Å². The van der Waals surface area contributed by atoms with E-state index in [4.69, 9.17) is 0 Å². The molecule has 0 spiro atoms. The van der Waals surface area contributed by atoms with Crippen molar-refractivity contribution in [3.05, 3.63) is 30.2 Å². The first-order chi connectivity index (χ1) is 5.27. The molecule has 56 valence electrons. The number of aromatic nitrogens is 2. The van der Waals surface area contributed by atoms with Crippen LogP contribution in [0.4, 0.5) is 0 Å². The lowest BCUT2D eigenvalue weighted by Gasteiger charge is -1.94. The first-order valence-corrected chi connectivity index (χ1v) is 3.40. The molecular weight excluding hydrogens is 140 g/mol. The summed E-state index contributed by atoms with van der Waals surface area (Å²) in [4.78, 5) is 4.10. The van der Waals surface area contributed by atoms with Gasteiger partial charge in [-0.05, 0) is 19.1 Å². The normalized spacial score (nSPS) is 10.6. The number of nitrogens with zero attached hydrogens (tertiary/aromatic N) is 2. The molecule has 0 saturated carbocycles. The molecule has 1 N–H and O–H groups in total. The highest BCUT2D eigenvalue weighted by atomic mass is 16.5. The van der Waals surface area contributed by atoms with Crippen molar-refractivity contribution < 1.29 is 5.21 Å². The maximum absolute atomic E-state index is 9.22. The van der Waals surface area contributed by atoms with Crippen LogP contribution in [0.25, 0.3) is 10.9 Å². The maximum Gasteiger partial charge on any atom is 0.0898 e. The van der Waals surface area contributed by atoms with Crippen molar-refractivity contribution in [3.63, 3.8) is 0 Å². The molecule has 2 heterocycles. The van der Waals surface area contributed by atoms with Crippen molar-refractivity contribution >= 4 is 10.9 Å². The molecule has 0 aliphatic heterocycles. The Morgan fingerprint density at radius 2 is 2.36 bits per heavy atom. The molecule has 0 amide bonds. The Kier molecular flexibility index (Phi) is 1.12. The van der Waals surface area contributed by atoms with Gasteiger partial charge in [-0.25, -0.2) is 0 Å². The quantitative estimate of drug-likeness (QED) is 0.576. The van der Waals surface area contributed by atoms with E-state index in [1.807, 2.05) is 19.1 Å². The van der Waals surface area contributed by atoms with Crippen LogP contribution in [-0.2, 0) is 0 Å². The Hall–Kier alpha value is -1.51. The first-order valence-electron chi connectivity index (χ1n) is 3.40. The van der Waals surface area contributed by atoms with Crippen LogP contribution in [0.5, 0.6) is 0 Å². The second-order valence-electron chi connectivity index (χ2n) is 2.54. The van der Waals surface area contributed by atoms with E-state index < -0.39 is 0 Å². The number of rotatable bonds is 0. The number of hydrogen-bond acceptors (Lipinski definition) is 2. The lowest BCUT2D eigenvalue weighted by Crippen LogP contribution is -1.87. The Labute approximate surface area is 63.9 Å². The zero-order valence-electron chi connectivity index (χ0n) is 6.15. The van der Waals surface area contributed by atoms with Gasteiger partial charge in [0.05, 0.1) is 5.52 Å². The topological polar surface area (TPSA) is 38.0 Å². The van der Waals surface area contributed by atoms with Crippen LogP contribution >= 0.6 is 0 Å². The SMILES string of the molecule is Cc1cc2c(ccn2O)cn1. The Balaban J connectivity index is 2.87. The highest BCUT2D eigenvalue weighted by molar-refractivity contribution is 5.78. The monoisotopic (exact) mass is 148 g/mol. The minimum Gasteiger partial charge on any atom is -0.428 e. The third-order valence-corrected chi connectivity index (χ3v) is 1.69. The predicted molar refractivity (Wildman–Crippen MR) is 41.7 cm³/mol. The van der Waals surface area contributed by atoms with Crippen molar-refractivity contribution in [1.29, 1.82) is 0 Å². The molecular formula is C8H8N2O. The van der Waals surface area contributed by atoms with E-state index in [0.29, 0.717) is 0 Å². The van der Waals surface area contributed by atoms with Gasteiger partial charge in [0, 0.05) is 23.5 Å². The van der Waals surface area contributed by atoms with Crippen molar-refractivity contribution in [2.24, 2.45) is 0 Å². The standard InChI is InChI=1S/C8H8N2O/c1-6-4-8-7(5-9-6)2-3-10(8)11/h2-5,11H,1H3. The molecule has 0 atom stereocenters. The highest BCUT2D eigenvalue weighted by Gasteiger charge is 1.98. The van der Waals surface area contributed by atoms with Crippen LogP contribution in [0.15, 0.2) is 24.5 Å². The van der Waals surface area contributed by atoms with E-state index in [2.05, 4.69) is 4.98 Å². The van der Waals surface area contributed by atoms with E-state index >= 15 is 0 Å². The molecule has 3 heteroatoms. The molecule has 0 saturated heterocycles. The Morgan fingerprint density at radius 3 is 3.18 bits per heavy atom. The predicted octanol–water partition coefficient (Wildman–Crippen LogP) is 1.58. The average Bonchev–Trinajstić information content (AvgIpc) is 2.33. The van der Waals surface area contributed by atoms with Gasteiger partial charge >= 0.3 is 0 Å². The van der Waals surface area contributed by atoms with Gasteiger partial charge in [0.15, 0.2) is 0 Å². The van der Waals surface area contributed by atoms with Gasteiger partial charge in [-0.2, -0.15) is 4.73 Å². The van der Waals surface area contributed by atoms with Crippen LogP contribution < -0.4 is 0 Å². The van der Waals surface area contributed by atoms with Gasteiger partial charge in [-0.3, -0.25) is 4.98 Å². The summed E-state index contributed by atoms with van der Waals surface area (Å²) in [6.45, 7) is 1.90. The summed E-state index contributed by atoms with van der Waals surface area (Å²) in [6, 6.07) is 3.66. The maximum atomic E-state index is 9.22. The summed E-state index contributed by atoms with van der Waals surface area (Å²) in [6.07, 6.45) is 3.35. The van der Waals surface area contributed by atoms with Crippen molar-refractivity contribution in [1.82, 2.24) is 9.71 Å². The number of aryl methyl sites for hydroxylation is 1. The number of fused-ring (bicyclic) bond motifs is 1. The van der Waals surface area contributed by atoms with Gasteiger partial charge in [0.25, 0.3) is 0 Å². The lowest BCUT2D eigenvalue weighted by molar-refractivity contribution is 0.200. The summed E-state index contributed by atoms with van der Waals surface area (Å²) >= 11 is 0. The third-order valence-electron chi connectivity index (χ3n) is 1.69. The molecule has 0 bridgehead atoms. The fraction of sp³-hybridized carbons (Fsp3) is 0.125. The van der Waals surface area contributed by atoms with Gasteiger partial charge in [0.1, 0.15) is 0 Å². The van der Waals surface area contributed by atoms with Gasteiger partial charge < -0.3 is 5.21 Å². The van der Waals surface area contributed by atoms with Crippen molar-refractivity contribution in [3.8, 4) is 0 Å². The summed E-state index contributed by atoms with van der Waals surface area (Å²) in [5.74, 6) is 0. The second-order valence-corrected chi connectivity index (χ2v) is 2.54. The highest BCUT2D eigenvalue weighted by Crippen LogP contribution is 2.13. The largest absolute Gasteiger partial charge is 0.428 e. The molecule has 0 aliphatic carbocycles. The molecule has 11 heavy (non-hydrogen) atoms. The minimum atomic E-state index is 0.803. The molecule has 2 rings (SSSR count). The van der Waals surface area contributed by atoms with Crippen molar-refractivity contribution in [2.75, 3.05) is 0 Å². The zero-order chi connectivity index (χ0) is 7.84.